The van der Waals surface area contributed by atoms with Crippen molar-refractivity contribution in [3.63, 3.8) is 0 Å². The molecule has 25 heavy (non-hydrogen) atoms. The predicted molar refractivity (Wildman–Crippen MR) is 96.9 cm³/mol. The van der Waals surface area contributed by atoms with Crippen LogP contribution in [0.5, 0.6) is 0 Å². The summed E-state index contributed by atoms with van der Waals surface area (Å²) in [7, 11) is 0. The molecule has 0 aliphatic heterocycles. The number of carbonyl (C=O) groups excluding carboxylic acids is 2. The van der Waals surface area contributed by atoms with Gasteiger partial charge in [0.2, 0.25) is 0 Å². The van der Waals surface area contributed by atoms with Gasteiger partial charge in [0.1, 0.15) is 11.6 Å². The van der Waals surface area contributed by atoms with Crippen LogP contribution in [0.1, 0.15) is 79.1 Å². The number of hydrogen-bond acceptors (Lipinski definition) is 3. The Kier molecular flexibility index (Phi) is 3.83. The lowest BCUT2D eigenvalue weighted by molar-refractivity contribution is -0.213. The van der Waals surface area contributed by atoms with Crippen LogP contribution in [-0.2, 0) is 9.59 Å². The van der Waals surface area contributed by atoms with Crippen LogP contribution in [0.15, 0.2) is 0 Å². The van der Waals surface area contributed by atoms with Crippen LogP contribution < -0.4 is 0 Å². The Hall–Kier alpha value is -0.700. The number of hydrogen-bond donors (Lipinski definition) is 1. The first-order chi connectivity index (χ1) is 11.6. The third kappa shape index (κ3) is 2.33. The van der Waals surface area contributed by atoms with Gasteiger partial charge in [-0.2, -0.15) is 0 Å². The molecule has 0 aromatic heterocycles. The normalized spacial score (nSPS) is 55.2. The van der Waals surface area contributed by atoms with E-state index in [9.17, 15) is 14.7 Å². The van der Waals surface area contributed by atoms with E-state index in [1.807, 2.05) is 6.92 Å². The van der Waals surface area contributed by atoms with Crippen molar-refractivity contribution < 1.29 is 14.7 Å². The van der Waals surface area contributed by atoms with Crippen LogP contribution in [0.3, 0.4) is 0 Å². The topological polar surface area (TPSA) is 54.4 Å². The maximum Gasteiger partial charge on any atom is 0.133 e. The molecule has 0 saturated heterocycles. The van der Waals surface area contributed by atoms with Crippen LogP contribution in [0.2, 0.25) is 0 Å². The smallest absolute Gasteiger partial charge is 0.133 e. The first-order valence-electron chi connectivity index (χ1n) is 10.3. The summed E-state index contributed by atoms with van der Waals surface area (Å²) in [6.07, 6.45) is 7.46. The average molecular weight is 347 g/mol. The summed E-state index contributed by atoms with van der Waals surface area (Å²) in [6, 6.07) is 0. The van der Waals surface area contributed by atoms with E-state index in [0.29, 0.717) is 42.2 Å². The summed E-state index contributed by atoms with van der Waals surface area (Å²) in [5, 5.41) is 11.7. The highest BCUT2D eigenvalue weighted by atomic mass is 16.3. The van der Waals surface area contributed by atoms with Gasteiger partial charge in [0.25, 0.3) is 0 Å². The fourth-order valence-corrected chi connectivity index (χ4v) is 8.49. The molecular formula is C22H34O3. The van der Waals surface area contributed by atoms with Gasteiger partial charge in [-0.1, -0.05) is 13.8 Å². The van der Waals surface area contributed by atoms with Gasteiger partial charge in [-0.15, -0.1) is 0 Å². The van der Waals surface area contributed by atoms with Gasteiger partial charge in [-0.3, -0.25) is 9.59 Å². The fraction of sp³-hybridized carbons (Fsp3) is 0.909. The second-order valence-corrected chi connectivity index (χ2v) is 10.6. The van der Waals surface area contributed by atoms with Crippen molar-refractivity contribution in [2.45, 2.75) is 84.7 Å². The molecule has 4 saturated carbocycles. The molecule has 4 aliphatic rings. The number of aliphatic hydroxyl groups is 1. The number of fused-ring (bicyclic) bond motifs is 5. The minimum Gasteiger partial charge on any atom is -0.390 e. The highest BCUT2D eigenvalue weighted by Crippen LogP contribution is 2.69. The lowest BCUT2D eigenvalue weighted by Crippen LogP contribution is -2.63. The van der Waals surface area contributed by atoms with Crippen LogP contribution >= 0.6 is 0 Å². The molecule has 0 heterocycles. The predicted octanol–water partition coefficient (Wildman–Crippen LogP) is 4.16. The third-order valence-corrected chi connectivity index (χ3v) is 9.16. The van der Waals surface area contributed by atoms with E-state index < -0.39 is 5.60 Å². The van der Waals surface area contributed by atoms with Gasteiger partial charge in [0.05, 0.1) is 5.60 Å². The molecule has 8 atom stereocenters. The molecular weight excluding hydrogens is 312 g/mol. The third-order valence-electron chi connectivity index (χ3n) is 9.16. The number of rotatable bonds is 1. The summed E-state index contributed by atoms with van der Waals surface area (Å²) in [6.45, 7) is 8.41. The Morgan fingerprint density at radius 2 is 1.80 bits per heavy atom. The van der Waals surface area contributed by atoms with Crippen molar-refractivity contribution in [1.82, 2.24) is 0 Å². The van der Waals surface area contributed by atoms with Crippen molar-refractivity contribution in [1.29, 1.82) is 0 Å². The second kappa shape index (κ2) is 5.41. The Morgan fingerprint density at radius 3 is 2.48 bits per heavy atom. The minimum absolute atomic E-state index is 0.0514. The molecule has 0 bridgehead atoms. The quantitative estimate of drug-likeness (QED) is 0.775. The molecule has 0 aromatic rings. The molecule has 0 spiro atoms. The highest BCUT2D eigenvalue weighted by molar-refractivity contribution is 5.80. The zero-order chi connectivity index (χ0) is 18.2. The van der Waals surface area contributed by atoms with Gasteiger partial charge in [-0.05, 0) is 86.9 Å². The summed E-state index contributed by atoms with van der Waals surface area (Å²) < 4.78 is 0. The lowest BCUT2D eigenvalue weighted by Gasteiger charge is -2.64. The molecule has 4 aliphatic carbocycles. The molecule has 140 valence electrons. The van der Waals surface area contributed by atoms with Crippen molar-refractivity contribution in [3.8, 4) is 0 Å². The summed E-state index contributed by atoms with van der Waals surface area (Å²) in [5.41, 5.74) is -0.706. The van der Waals surface area contributed by atoms with Gasteiger partial charge in [0, 0.05) is 18.8 Å². The average Bonchev–Trinajstić information content (AvgIpc) is 2.83. The molecule has 1 N–H and O–H groups in total. The molecule has 0 aromatic carbocycles. The Balaban J connectivity index is 1.74. The van der Waals surface area contributed by atoms with E-state index in [2.05, 4.69) is 13.8 Å². The highest BCUT2D eigenvalue weighted by Gasteiger charge is 2.66. The van der Waals surface area contributed by atoms with E-state index in [4.69, 9.17) is 0 Å². The van der Waals surface area contributed by atoms with E-state index >= 15 is 0 Å². The number of Topliss-reactive ketones (excluding diaryl/α,β-unsaturated/α-hetero) is 2. The molecule has 0 unspecified atom stereocenters. The van der Waals surface area contributed by atoms with E-state index in [1.54, 1.807) is 6.92 Å². The summed E-state index contributed by atoms with van der Waals surface area (Å²) in [4.78, 5) is 24.3. The summed E-state index contributed by atoms with van der Waals surface area (Å²) >= 11 is 0. The van der Waals surface area contributed by atoms with E-state index in [-0.39, 0.29) is 22.7 Å². The molecule has 4 rings (SSSR count). The molecule has 4 fully saturated rings. The molecule has 0 amide bonds. The number of ketones is 2. The first-order valence-corrected chi connectivity index (χ1v) is 10.3. The lowest BCUT2D eigenvalue weighted by atomic mass is 9.41. The van der Waals surface area contributed by atoms with Crippen LogP contribution in [0.4, 0.5) is 0 Å². The fourth-order valence-electron chi connectivity index (χ4n) is 8.49. The molecule has 3 heteroatoms. The largest absolute Gasteiger partial charge is 0.390 e. The van der Waals surface area contributed by atoms with Crippen molar-refractivity contribution in [3.05, 3.63) is 0 Å². The zero-order valence-electron chi connectivity index (χ0n) is 16.3. The Bertz CT molecular complexity index is 608. The first kappa shape index (κ1) is 17.7. The van der Waals surface area contributed by atoms with Gasteiger partial charge in [0.15, 0.2) is 0 Å². The second-order valence-electron chi connectivity index (χ2n) is 10.6. The van der Waals surface area contributed by atoms with Crippen LogP contribution in [-0.4, -0.2) is 22.3 Å². The standard InChI is InChI=1S/C22H34O3/c1-13(23)17-7-8-18-16-6-5-14-11-15(24)9-10-20(14,2)19(16)22(4,25)12-21(17,18)3/h14,16-19,25H,5-12H2,1-4H3/t14-,16-,17+,18-,19-,20-,21+,22+/m0/s1. The van der Waals surface area contributed by atoms with Crippen molar-refractivity contribution in [2.24, 2.45) is 40.4 Å². The Morgan fingerprint density at radius 1 is 1.08 bits per heavy atom. The van der Waals surface area contributed by atoms with E-state index in [0.717, 1.165) is 38.5 Å². The molecule has 3 nitrogen and oxygen atoms in total. The number of carbonyl (C=O) groups is 2. The van der Waals surface area contributed by atoms with Gasteiger partial charge >= 0.3 is 0 Å². The SMILES string of the molecule is CC(=O)[C@H]1CC[C@H]2[C@@H]3CC[C@H]4CC(=O)CC[C@]4(C)[C@H]3[C@](C)(O)C[C@]12C. The molecule has 0 radical (unpaired) electrons. The minimum atomic E-state index is -0.734. The van der Waals surface area contributed by atoms with Gasteiger partial charge < -0.3 is 5.11 Å². The van der Waals surface area contributed by atoms with Crippen molar-refractivity contribution in [2.75, 3.05) is 0 Å². The van der Waals surface area contributed by atoms with E-state index in [1.165, 1.54) is 0 Å². The Labute approximate surface area is 151 Å². The maximum absolute atomic E-state index is 12.3. The van der Waals surface area contributed by atoms with Crippen molar-refractivity contribution >= 4 is 11.6 Å². The zero-order valence-corrected chi connectivity index (χ0v) is 16.3. The summed E-state index contributed by atoms with van der Waals surface area (Å²) in [5.74, 6) is 2.62. The van der Waals surface area contributed by atoms with Crippen LogP contribution in [0.25, 0.3) is 0 Å². The van der Waals surface area contributed by atoms with Crippen LogP contribution in [0, 0.1) is 40.4 Å². The maximum atomic E-state index is 12.3. The monoisotopic (exact) mass is 346 g/mol. The van der Waals surface area contributed by atoms with Gasteiger partial charge in [-0.25, -0.2) is 0 Å².